The predicted octanol–water partition coefficient (Wildman–Crippen LogP) is 5.82. The minimum atomic E-state index is -1.27. The summed E-state index contributed by atoms with van der Waals surface area (Å²) in [6, 6.07) is 18.0. The molecule has 16 heteroatoms. The van der Waals surface area contributed by atoms with Gasteiger partial charge in [0.05, 0.1) is 35.6 Å². The van der Waals surface area contributed by atoms with Gasteiger partial charge < -0.3 is 36.5 Å². The minimum Gasteiger partial charge on any atom is -0.492 e. The quantitative estimate of drug-likeness (QED) is 0.0679. The number of Topliss-reactive ketones (excluding diaryl/α,β-unsaturated/α-hetero) is 3. The molecule has 16 nitrogen and oxygen atoms in total. The number of aryl methyl sites for hydroxylation is 2. The van der Waals surface area contributed by atoms with Crippen LogP contribution in [0.2, 0.25) is 0 Å². The lowest BCUT2D eigenvalue weighted by Gasteiger charge is -2.32. The molecule has 0 fully saturated rings. The van der Waals surface area contributed by atoms with Gasteiger partial charge >= 0.3 is 0 Å². The molecule has 0 unspecified atom stereocenters. The maximum absolute atomic E-state index is 14.9. The second kappa shape index (κ2) is 23.9. The fraction of sp³-hybridized carbons (Fsp3) is 0.453. The Balaban J connectivity index is 1.58. The Morgan fingerprint density at radius 1 is 0.913 bits per heavy atom. The van der Waals surface area contributed by atoms with Crippen molar-refractivity contribution in [3.63, 3.8) is 0 Å². The highest BCUT2D eigenvalue weighted by molar-refractivity contribution is 6.01. The number of ether oxygens (including phenoxy) is 2. The van der Waals surface area contributed by atoms with E-state index in [1.165, 1.54) is 18.9 Å². The van der Waals surface area contributed by atoms with E-state index in [0.29, 0.717) is 56.5 Å². The van der Waals surface area contributed by atoms with Gasteiger partial charge in [-0.15, -0.1) is 0 Å². The van der Waals surface area contributed by atoms with Crippen LogP contribution in [-0.2, 0) is 35.8 Å². The normalized spacial score (nSPS) is 16.6. The average Bonchev–Trinajstić information content (AvgIpc) is 3.30. The van der Waals surface area contributed by atoms with Gasteiger partial charge in [0.15, 0.2) is 23.2 Å². The zero-order valence-electron chi connectivity index (χ0n) is 41.1. The van der Waals surface area contributed by atoms with Gasteiger partial charge in [0, 0.05) is 74.7 Å². The molecule has 1 aromatic heterocycles. The summed E-state index contributed by atoms with van der Waals surface area (Å²) in [4.78, 5) is 93.8. The number of aromatic nitrogens is 2. The highest BCUT2D eigenvalue weighted by Crippen LogP contribution is 2.41. The predicted molar refractivity (Wildman–Crippen MR) is 262 cm³/mol. The first-order valence-corrected chi connectivity index (χ1v) is 23.4. The van der Waals surface area contributed by atoms with Crippen LogP contribution in [0.25, 0.3) is 22.5 Å². The zero-order chi connectivity index (χ0) is 50.6. The number of nitrogens with one attached hydrogen (secondary N) is 2. The van der Waals surface area contributed by atoms with Crippen LogP contribution in [-0.4, -0.2) is 95.9 Å². The Morgan fingerprint density at radius 3 is 2.16 bits per heavy atom. The van der Waals surface area contributed by atoms with E-state index in [-0.39, 0.29) is 94.3 Å². The summed E-state index contributed by atoms with van der Waals surface area (Å²) in [5.41, 5.74) is 17.1. The number of hydrogen-bond acceptors (Lipinski definition) is 13. The van der Waals surface area contributed by atoms with Gasteiger partial charge in [0.2, 0.25) is 17.7 Å². The van der Waals surface area contributed by atoms with E-state index in [4.69, 9.17) is 30.9 Å². The topological polar surface area (TPSA) is 250 Å². The summed E-state index contributed by atoms with van der Waals surface area (Å²) in [6.45, 7) is 13.5. The first-order valence-electron chi connectivity index (χ1n) is 23.4. The number of hydrogen-bond donors (Lipinski definition) is 4. The molecule has 0 saturated carbocycles. The lowest BCUT2D eigenvalue weighted by molar-refractivity contribution is -0.142. The van der Waals surface area contributed by atoms with Crippen molar-refractivity contribution in [3.8, 4) is 40.1 Å². The van der Waals surface area contributed by atoms with Crippen molar-refractivity contribution in [2.45, 2.75) is 104 Å². The van der Waals surface area contributed by atoms with Crippen LogP contribution >= 0.6 is 0 Å². The number of carbonyl (C=O) groups excluding carboxylic acids is 6. The lowest BCUT2D eigenvalue weighted by atomic mass is 9.86. The zero-order valence-corrected chi connectivity index (χ0v) is 41.1. The Kier molecular flexibility index (Phi) is 18.4. The molecule has 4 bridgehead atoms. The molecule has 3 aromatic carbocycles. The van der Waals surface area contributed by atoms with Gasteiger partial charge in [-0.25, -0.2) is 9.97 Å². The summed E-state index contributed by atoms with van der Waals surface area (Å²) >= 11 is 0. The van der Waals surface area contributed by atoms with Crippen molar-refractivity contribution in [1.29, 1.82) is 5.26 Å². The van der Waals surface area contributed by atoms with Crippen LogP contribution in [0, 0.1) is 37.0 Å². The van der Waals surface area contributed by atoms with Crippen molar-refractivity contribution >= 4 is 35.1 Å². The molecular formula is C53H66N8O8. The third-order valence-corrected chi connectivity index (χ3v) is 12.2. The first-order chi connectivity index (χ1) is 32.8. The fourth-order valence-corrected chi connectivity index (χ4v) is 8.55. The van der Waals surface area contributed by atoms with Crippen LogP contribution in [0.4, 0.5) is 0 Å². The second-order valence-electron chi connectivity index (χ2n) is 18.7. The molecule has 5 rings (SSSR count). The number of amides is 3. The van der Waals surface area contributed by atoms with Crippen LogP contribution in [0.5, 0.6) is 11.5 Å². The Morgan fingerprint density at radius 2 is 1.55 bits per heavy atom. The van der Waals surface area contributed by atoms with Gasteiger partial charge in [0.25, 0.3) is 0 Å². The average molecular weight is 943 g/mol. The number of nitrogens with zero attached hydrogens (tertiary/aromatic N) is 4. The molecule has 2 heterocycles. The van der Waals surface area contributed by atoms with E-state index >= 15 is 0 Å². The molecular weight excluding hydrogens is 877 g/mol. The van der Waals surface area contributed by atoms with Crippen molar-refractivity contribution in [2.24, 2.45) is 23.3 Å². The number of likely N-dealkylation sites (N-methyl/N-ethyl adjacent to an activating group) is 1. The minimum absolute atomic E-state index is 0.0381. The van der Waals surface area contributed by atoms with Crippen molar-refractivity contribution in [2.75, 3.05) is 39.9 Å². The number of ketones is 3. The largest absolute Gasteiger partial charge is 0.492 e. The monoisotopic (exact) mass is 943 g/mol. The molecule has 0 radical (unpaired) electrons. The van der Waals surface area contributed by atoms with Crippen LogP contribution in [0.15, 0.2) is 60.7 Å². The summed E-state index contributed by atoms with van der Waals surface area (Å²) in [5, 5.41) is 14.8. The Hall–Kier alpha value is -6.83. The van der Waals surface area contributed by atoms with Gasteiger partial charge in [-0.05, 0) is 79.6 Å². The van der Waals surface area contributed by atoms with Crippen LogP contribution < -0.4 is 31.6 Å². The van der Waals surface area contributed by atoms with Crippen LogP contribution in [0.3, 0.4) is 0 Å². The number of carbonyl (C=O) groups is 6. The first kappa shape index (κ1) is 53.1. The van der Waals surface area contributed by atoms with E-state index in [2.05, 4.69) is 31.4 Å². The maximum Gasteiger partial charge on any atom is 0.226 e. The molecule has 0 spiro atoms. The SMILES string of the molecule is CC(=O)NCCOc1ccc2cc1-c1cc(ccc1OCCN)[C@H](N(C)C(=O)[C@H](CCN)CC(=O)c1c(C)nc(-c3ccc(C(C)(C)C)cc3)nc1C)C(=O)C[C@@H](C)C(=O)N[C@H](C(=O)CCC#N)C2. The molecule has 1 aliphatic rings. The Bertz CT molecular complexity index is 2560. The van der Waals surface area contributed by atoms with Crippen molar-refractivity contribution in [3.05, 3.63) is 94.3 Å². The number of benzene rings is 3. The third kappa shape index (κ3) is 13.7. The van der Waals surface area contributed by atoms with Crippen LogP contribution in [0.1, 0.15) is 111 Å². The molecule has 6 N–H and O–H groups in total. The van der Waals surface area contributed by atoms with Crippen molar-refractivity contribution < 1.29 is 38.2 Å². The molecule has 4 atom stereocenters. The standard InChI is InChI=1S/C53H66N8O8/c1-31-26-45(65)49(61(8)52(67)38(19-21-55)30-44(64)48-32(2)58-50(59-33(48)3)36-12-15-39(16-13-36)53(5,6)7)37-14-18-47(68-24-22-56)41(29-37)40-27-35(11-17-46(40)69-25-23-57-34(4)62)28-42(60-51(31)66)43(63)10-9-20-54/h11-18,27,29,31,38,42,49H,9-10,19,21-26,28,30,55-56H2,1-8H3,(H,57,62)(H,60,66)/t31-,38-,42+,49+/m1/s1. The van der Waals surface area contributed by atoms with E-state index < -0.39 is 41.5 Å². The molecule has 0 aliphatic carbocycles. The molecule has 4 aromatic rings. The Labute approximate surface area is 404 Å². The summed E-state index contributed by atoms with van der Waals surface area (Å²) in [5.74, 6) is -3.15. The van der Waals surface area contributed by atoms with Gasteiger partial charge in [0.1, 0.15) is 30.8 Å². The smallest absolute Gasteiger partial charge is 0.226 e. The van der Waals surface area contributed by atoms with E-state index in [9.17, 15) is 34.0 Å². The van der Waals surface area contributed by atoms with E-state index in [1.54, 1.807) is 57.2 Å². The number of fused-ring (bicyclic) bond motifs is 5. The molecule has 0 saturated heterocycles. The number of nitrogens with two attached hydrogens (primary N) is 2. The second-order valence-corrected chi connectivity index (χ2v) is 18.7. The van der Waals surface area contributed by atoms with E-state index in [0.717, 1.165) is 11.1 Å². The number of rotatable bonds is 18. The summed E-state index contributed by atoms with van der Waals surface area (Å²) in [6.07, 6.45) is -0.527. The lowest BCUT2D eigenvalue weighted by Crippen LogP contribution is -2.46. The summed E-state index contributed by atoms with van der Waals surface area (Å²) < 4.78 is 12.4. The summed E-state index contributed by atoms with van der Waals surface area (Å²) in [7, 11) is 1.49. The molecule has 1 aliphatic heterocycles. The van der Waals surface area contributed by atoms with Gasteiger partial charge in [-0.3, -0.25) is 28.8 Å². The maximum atomic E-state index is 14.9. The highest BCUT2D eigenvalue weighted by atomic mass is 16.5. The third-order valence-electron chi connectivity index (χ3n) is 12.2. The highest BCUT2D eigenvalue weighted by Gasteiger charge is 2.36. The molecule has 3 amide bonds. The number of nitriles is 1. The fourth-order valence-electron chi connectivity index (χ4n) is 8.55. The van der Waals surface area contributed by atoms with Gasteiger partial charge in [-0.1, -0.05) is 64.1 Å². The molecule has 69 heavy (non-hydrogen) atoms. The van der Waals surface area contributed by atoms with E-state index in [1.807, 2.05) is 30.3 Å². The van der Waals surface area contributed by atoms with Crippen molar-refractivity contribution in [1.82, 2.24) is 25.5 Å². The molecule has 366 valence electrons. The van der Waals surface area contributed by atoms with Gasteiger partial charge in [-0.2, -0.15) is 5.26 Å².